The number of aryl methyl sites for hydroxylation is 2. The monoisotopic (exact) mass is 373 g/mol. The van der Waals surface area contributed by atoms with Crippen LogP contribution in [0.3, 0.4) is 0 Å². The molecule has 0 spiro atoms. The zero-order chi connectivity index (χ0) is 19.1. The average Bonchev–Trinajstić information content (AvgIpc) is 2.63. The Morgan fingerprint density at radius 1 is 1.08 bits per heavy atom. The molecule has 0 unspecified atom stereocenters. The van der Waals surface area contributed by atoms with Crippen LogP contribution >= 0.6 is 0 Å². The molecule has 2 rings (SSSR count). The maximum absolute atomic E-state index is 12.5. The molecule has 0 fully saturated rings. The highest BCUT2D eigenvalue weighted by atomic mass is 32.2. The minimum Gasteiger partial charge on any atom is -0.467 e. The van der Waals surface area contributed by atoms with E-state index < -0.39 is 22.8 Å². The van der Waals surface area contributed by atoms with Crippen LogP contribution in [0.5, 0.6) is 0 Å². The first-order chi connectivity index (χ1) is 12.4. The number of nitrogens with one attached hydrogen (secondary N) is 1. The first kappa shape index (κ1) is 19.8. The van der Waals surface area contributed by atoms with Gasteiger partial charge in [-0.25, -0.2) is 4.79 Å². The number of methoxy groups -OCH3 is 1. The van der Waals surface area contributed by atoms with Crippen molar-refractivity contribution in [1.29, 1.82) is 0 Å². The number of hydrogen-bond donors (Lipinski definition) is 1. The van der Waals surface area contributed by atoms with Crippen LogP contribution in [0.15, 0.2) is 53.4 Å². The summed E-state index contributed by atoms with van der Waals surface area (Å²) >= 11 is 0. The smallest absolute Gasteiger partial charge is 0.328 e. The van der Waals surface area contributed by atoms with Gasteiger partial charge in [-0.3, -0.25) is 9.00 Å². The Kier molecular flexibility index (Phi) is 7.09. The molecule has 2 aromatic carbocycles. The summed E-state index contributed by atoms with van der Waals surface area (Å²) in [5.41, 5.74) is 2.42. The first-order valence-electron chi connectivity index (χ1n) is 8.31. The Hall–Kier alpha value is -2.47. The lowest BCUT2D eigenvalue weighted by atomic mass is 10.1. The molecule has 6 heteroatoms. The van der Waals surface area contributed by atoms with Crippen LogP contribution < -0.4 is 5.32 Å². The fourth-order valence-electron chi connectivity index (χ4n) is 2.65. The number of esters is 1. The van der Waals surface area contributed by atoms with Crippen molar-refractivity contribution in [3.63, 3.8) is 0 Å². The van der Waals surface area contributed by atoms with Gasteiger partial charge in [-0.15, -0.1) is 0 Å². The van der Waals surface area contributed by atoms with Gasteiger partial charge in [0.15, 0.2) is 0 Å². The predicted octanol–water partition coefficient (Wildman–Crippen LogP) is 2.77. The highest BCUT2D eigenvalue weighted by Crippen LogP contribution is 2.11. The maximum Gasteiger partial charge on any atom is 0.328 e. The highest BCUT2D eigenvalue weighted by Gasteiger charge is 2.23. The second-order valence-electron chi connectivity index (χ2n) is 6.08. The van der Waals surface area contributed by atoms with Crippen LogP contribution in [0.4, 0.5) is 0 Å². The van der Waals surface area contributed by atoms with E-state index in [1.807, 2.05) is 38.1 Å². The molecular formula is C20H23NO4S. The van der Waals surface area contributed by atoms with E-state index in [0.29, 0.717) is 10.5 Å². The van der Waals surface area contributed by atoms with Crippen LogP contribution in [-0.4, -0.2) is 35.0 Å². The highest BCUT2D eigenvalue weighted by molar-refractivity contribution is 7.85. The minimum absolute atomic E-state index is 0.227. The van der Waals surface area contributed by atoms with E-state index in [0.717, 1.165) is 11.1 Å². The molecule has 0 heterocycles. The molecule has 0 radical (unpaired) electrons. The zero-order valence-electron chi connectivity index (χ0n) is 15.2. The van der Waals surface area contributed by atoms with Crippen molar-refractivity contribution in [2.75, 3.05) is 12.9 Å². The number of benzene rings is 2. The quantitative estimate of drug-likeness (QED) is 0.758. The topological polar surface area (TPSA) is 72.5 Å². The summed E-state index contributed by atoms with van der Waals surface area (Å²) in [5, 5.41) is 2.70. The van der Waals surface area contributed by atoms with E-state index in [4.69, 9.17) is 4.74 Å². The van der Waals surface area contributed by atoms with Crippen molar-refractivity contribution in [2.45, 2.75) is 31.2 Å². The molecule has 0 saturated heterocycles. The molecule has 1 amide bonds. The largest absolute Gasteiger partial charge is 0.467 e. The number of ether oxygens (including phenoxy) is 1. The Labute approximate surface area is 156 Å². The number of rotatable bonds is 7. The second-order valence-corrected chi connectivity index (χ2v) is 7.65. The summed E-state index contributed by atoms with van der Waals surface area (Å²) < 4.78 is 17.1. The molecular weight excluding hydrogens is 350 g/mol. The molecule has 0 aromatic heterocycles. The van der Waals surface area contributed by atoms with Crippen molar-refractivity contribution >= 4 is 22.7 Å². The summed E-state index contributed by atoms with van der Waals surface area (Å²) in [6.45, 7) is 3.81. The van der Waals surface area contributed by atoms with Gasteiger partial charge < -0.3 is 10.1 Å². The van der Waals surface area contributed by atoms with Crippen molar-refractivity contribution in [3.8, 4) is 0 Å². The molecule has 0 aliphatic heterocycles. The minimum atomic E-state index is -1.25. The molecule has 0 aliphatic carbocycles. The number of carbonyl (C=O) groups is 2. The molecule has 1 N–H and O–H groups in total. The molecule has 5 nitrogen and oxygen atoms in total. The number of hydrogen-bond acceptors (Lipinski definition) is 4. The van der Waals surface area contributed by atoms with E-state index in [1.165, 1.54) is 7.11 Å². The maximum atomic E-state index is 12.5. The predicted molar refractivity (Wildman–Crippen MR) is 102 cm³/mol. The summed E-state index contributed by atoms with van der Waals surface area (Å²) in [5.74, 6) is -0.651. The van der Waals surface area contributed by atoms with E-state index in [9.17, 15) is 13.8 Å². The van der Waals surface area contributed by atoms with Gasteiger partial charge >= 0.3 is 5.97 Å². The third-order valence-corrected chi connectivity index (χ3v) is 5.28. The van der Waals surface area contributed by atoms with Gasteiger partial charge in [0.05, 0.1) is 17.9 Å². The Balaban J connectivity index is 2.06. The number of amides is 1. The Morgan fingerprint density at radius 2 is 1.69 bits per heavy atom. The van der Waals surface area contributed by atoms with E-state index in [1.54, 1.807) is 24.3 Å². The second kappa shape index (κ2) is 9.29. The average molecular weight is 373 g/mol. The summed E-state index contributed by atoms with van der Waals surface area (Å²) in [7, 11) is 0.0221. The van der Waals surface area contributed by atoms with Gasteiger partial charge in [-0.2, -0.15) is 0 Å². The van der Waals surface area contributed by atoms with Gasteiger partial charge in [0.1, 0.15) is 6.04 Å². The molecule has 0 aliphatic rings. The molecule has 2 atom stereocenters. The van der Waals surface area contributed by atoms with E-state index >= 15 is 0 Å². The SMILES string of the molecule is COC(=O)[C@@H](CC[S@@](=O)c1ccccc1)NC(=O)c1cc(C)cc(C)c1. The Morgan fingerprint density at radius 3 is 2.27 bits per heavy atom. The third-order valence-electron chi connectivity index (χ3n) is 3.87. The lowest BCUT2D eigenvalue weighted by molar-refractivity contribution is -0.142. The molecule has 2 aromatic rings. The standard InChI is InChI=1S/C20H23NO4S/c1-14-11-15(2)13-16(12-14)19(22)21-18(20(23)25-3)9-10-26(24)17-7-5-4-6-8-17/h4-8,11-13,18H,9-10H2,1-3H3,(H,21,22)/t18-,26-/m1/s1. The van der Waals surface area contributed by atoms with Crippen LogP contribution in [0.25, 0.3) is 0 Å². The van der Waals surface area contributed by atoms with Crippen molar-refractivity contribution in [1.82, 2.24) is 5.32 Å². The van der Waals surface area contributed by atoms with Crippen LogP contribution in [-0.2, 0) is 20.3 Å². The third kappa shape index (κ3) is 5.52. The fourth-order valence-corrected chi connectivity index (χ4v) is 3.80. The molecule has 0 bridgehead atoms. The normalized spacial score (nSPS) is 12.9. The van der Waals surface area contributed by atoms with Crippen molar-refractivity contribution in [3.05, 3.63) is 65.2 Å². The molecule has 0 saturated carbocycles. The van der Waals surface area contributed by atoms with Crippen LogP contribution in [0.1, 0.15) is 27.9 Å². The number of carbonyl (C=O) groups excluding carboxylic acids is 2. The van der Waals surface area contributed by atoms with Crippen molar-refractivity contribution < 1.29 is 18.5 Å². The molecule has 26 heavy (non-hydrogen) atoms. The van der Waals surface area contributed by atoms with Crippen LogP contribution in [0.2, 0.25) is 0 Å². The zero-order valence-corrected chi connectivity index (χ0v) is 16.0. The van der Waals surface area contributed by atoms with Gasteiger partial charge in [0.25, 0.3) is 5.91 Å². The Bertz CT molecular complexity index is 784. The lowest BCUT2D eigenvalue weighted by Gasteiger charge is -2.17. The van der Waals surface area contributed by atoms with Gasteiger partial charge in [0, 0.05) is 16.2 Å². The van der Waals surface area contributed by atoms with Gasteiger partial charge in [0.2, 0.25) is 0 Å². The van der Waals surface area contributed by atoms with Crippen LogP contribution in [0, 0.1) is 13.8 Å². The summed E-state index contributed by atoms with van der Waals surface area (Å²) in [6, 6.07) is 13.7. The van der Waals surface area contributed by atoms with Crippen molar-refractivity contribution in [2.24, 2.45) is 0 Å². The summed E-state index contributed by atoms with van der Waals surface area (Å²) in [4.78, 5) is 25.2. The van der Waals surface area contributed by atoms with E-state index in [-0.39, 0.29) is 18.1 Å². The first-order valence-corrected chi connectivity index (χ1v) is 9.63. The van der Waals surface area contributed by atoms with Gasteiger partial charge in [-0.05, 0) is 44.5 Å². The molecule has 138 valence electrons. The fraction of sp³-hybridized carbons (Fsp3) is 0.300. The lowest BCUT2D eigenvalue weighted by Crippen LogP contribution is -2.42. The van der Waals surface area contributed by atoms with Gasteiger partial charge in [-0.1, -0.05) is 35.4 Å². The van der Waals surface area contributed by atoms with E-state index in [2.05, 4.69) is 5.32 Å². The summed E-state index contributed by atoms with van der Waals surface area (Å²) in [6.07, 6.45) is 0.227.